The molecule has 0 aromatic heterocycles. The van der Waals surface area contributed by atoms with Gasteiger partial charge in [0, 0.05) is 5.41 Å². The van der Waals surface area contributed by atoms with E-state index in [1.165, 1.54) is 32.1 Å². The highest BCUT2D eigenvalue weighted by Crippen LogP contribution is 2.53. The van der Waals surface area contributed by atoms with Gasteiger partial charge in [-0.3, -0.25) is 0 Å². The summed E-state index contributed by atoms with van der Waals surface area (Å²) < 4.78 is 0. The summed E-state index contributed by atoms with van der Waals surface area (Å²) in [5.41, 5.74) is 6.92. The molecule has 0 saturated heterocycles. The first-order valence-electron chi connectivity index (χ1n) is 6.60. The van der Waals surface area contributed by atoms with Crippen molar-refractivity contribution in [3.8, 4) is 0 Å². The van der Waals surface area contributed by atoms with E-state index in [0.717, 1.165) is 0 Å². The molecule has 0 bridgehead atoms. The standard InChI is InChI=1S/C16H20/c1-3-16(2)14-10-6-4-8-12(14)13-9-5-7-11-15(13)16/h4,6,8,10H,3,5,7,9,11H2,1-2H3. The fourth-order valence-corrected chi connectivity index (χ4v) is 3.61. The van der Waals surface area contributed by atoms with Gasteiger partial charge in [-0.05, 0) is 48.8 Å². The van der Waals surface area contributed by atoms with Gasteiger partial charge in [-0.25, -0.2) is 0 Å². The highest BCUT2D eigenvalue weighted by molar-refractivity contribution is 5.80. The maximum Gasteiger partial charge on any atom is 0.0143 e. The van der Waals surface area contributed by atoms with E-state index in [1.807, 2.05) is 0 Å². The van der Waals surface area contributed by atoms with Crippen LogP contribution in [0.2, 0.25) is 0 Å². The van der Waals surface area contributed by atoms with Crippen LogP contribution in [0.15, 0.2) is 29.8 Å². The average Bonchev–Trinajstić information content (AvgIpc) is 2.62. The number of fused-ring (bicyclic) bond motifs is 2. The number of allylic oxidation sites excluding steroid dienone is 2. The van der Waals surface area contributed by atoms with E-state index in [4.69, 9.17) is 0 Å². The molecule has 0 saturated carbocycles. The fourth-order valence-electron chi connectivity index (χ4n) is 3.61. The maximum atomic E-state index is 2.44. The third kappa shape index (κ3) is 1.16. The Hall–Kier alpha value is -1.04. The Morgan fingerprint density at radius 3 is 2.69 bits per heavy atom. The molecule has 0 fully saturated rings. The molecule has 0 amide bonds. The summed E-state index contributed by atoms with van der Waals surface area (Å²) >= 11 is 0. The first kappa shape index (κ1) is 10.1. The van der Waals surface area contributed by atoms with E-state index in [2.05, 4.69) is 38.1 Å². The van der Waals surface area contributed by atoms with E-state index in [0.29, 0.717) is 5.41 Å². The van der Waals surface area contributed by atoms with Crippen LogP contribution in [0, 0.1) is 0 Å². The van der Waals surface area contributed by atoms with E-state index in [9.17, 15) is 0 Å². The van der Waals surface area contributed by atoms with E-state index < -0.39 is 0 Å². The number of rotatable bonds is 1. The average molecular weight is 212 g/mol. The molecule has 1 aromatic carbocycles. The van der Waals surface area contributed by atoms with Crippen LogP contribution in [0.3, 0.4) is 0 Å². The smallest absolute Gasteiger partial charge is 0.0143 e. The summed E-state index contributed by atoms with van der Waals surface area (Å²) in [6.45, 7) is 4.78. The Morgan fingerprint density at radius 2 is 1.88 bits per heavy atom. The van der Waals surface area contributed by atoms with Crippen molar-refractivity contribution >= 4 is 5.57 Å². The minimum atomic E-state index is 0.340. The van der Waals surface area contributed by atoms with Gasteiger partial charge in [-0.15, -0.1) is 0 Å². The molecule has 0 radical (unpaired) electrons. The van der Waals surface area contributed by atoms with Crippen LogP contribution in [0.4, 0.5) is 0 Å². The van der Waals surface area contributed by atoms with Crippen LogP contribution >= 0.6 is 0 Å². The molecule has 1 unspecified atom stereocenters. The molecule has 0 heterocycles. The summed E-state index contributed by atoms with van der Waals surface area (Å²) in [5, 5.41) is 0. The monoisotopic (exact) mass is 212 g/mol. The molecule has 16 heavy (non-hydrogen) atoms. The third-order valence-corrected chi connectivity index (χ3v) is 4.69. The predicted octanol–water partition coefficient (Wildman–Crippen LogP) is 4.70. The van der Waals surface area contributed by atoms with E-state index >= 15 is 0 Å². The van der Waals surface area contributed by atoms with Gasteiger partial charge < -0.3 is 0 Å². The Balaban J connectivity index is 2.24. The predicted molar refractivity (Wildman–Crippen MR) is 69.5 cm³/mol. The van der Waals surface area contributed by atoms with Gasteiger partial charge in [0.05, 0.1) is 0 Å². The second-order valence-corrected chi connectivity index (χ2v) is 5.40. The van der Waals surface area contributed by atoms with Crippen LogP contribution in [-0.4, -0.2) is 0 Å². The Bertz CT molecular complexity index is 453. The lowest BCUT2D eigenvalue weighted by Crippen LogP contribution is -2.21. The van der Waals surface area contributed by atoms with Gasteiger partial charge in [-0.2, -0.15) is 0 Å². The quantitative estimate of drug-likeness (QED) is 0.633. The van der Waals surface area contributed by atoms with Gasteiger partial charge >= 0.3 is 0 Å². The van der Waals surface area contributed by atoms with Gasteiger partial charge in [0.1, 0.15) is 0 Å². The molecule has 1 aromatic rings. The highest BCUT2D eigenvalue weighted by Gasteiger charge is 2.39. The van der Waals surface area contributed by atoms with Crippen LogP contribution in [0.5, 0.6) is 0 Å². The summed E-state index contributed by atoms with van der Waals surface area (Å²) in [5.74, 6) is 0. The van der Waals surface area contributed by atoms with Crippen molar-refractivity contribution < 1.29 is 0 Å². The molecule has 2 aliphatic rings. The summed E-state index contributed by atoms with van der Waals surface area (Å²) in [4.78, 5) is 0. The van der Waals surface area contributed by atoms with Crippen LogP contribution < -0.4 is 0 Å². The summed E-state index contributed by atoms with van der Waals surface area (Å²) in [7, 11) is 0. The lowest BCUT2D eigenvalue weighted by Gasteiger charge is -2.30. The third-order valence-electron chi connectivity index (χ3n) is 4.69. The molecule has 0 nitrogen and oxygen atoms in total. The fraction of sp³-hybridized carbons (Fsp3) is 0.500. The number of benzene rings is 1. The van der Waals surface area contributed by atoms with Crippen molar-refractivity contribution in [3.05, 3.63) is 41.0 Å². The summed E-state index contributed by atoms with van der Waals surface area (Å²) in [6.07, 6.45) is 6.65. The topological polar surface area (TPSA) is 0 Å². The second kappa shape index (κ2) is 3.48. The largest absolute Gasteiger partial charge is 0.0642 e. The molecular formula is C16H20. The molecule has 84 valence electrons. The molecule has 1 atom stereocenters. The normalized spacial score (nSPS) is 27.9. The molecule has 0 spiro atoms. The first-order valence-corrected chi connectivity index (χ1v) is 6.60. The molecule has 0 N–H and O–H groups in total. The highest BCUT2D eigenvalue weighted by atomic mass is 14.4. The Morgan fingerprint density at radius 1 is 1.12 bits per heavy atom. The lowest BCUT2D eigenvalue weighted by molar-refractivity contribution is 0.510. The lowest BCUT2D eigenvalue weighted by atomic mass is 9.74. The van der Waals surface area contributed by atoms with Crippen molar-refractivity contribution in [1.82, 2.24) is 0 Å². The summed E-state index contributed by atoms with van der Waals surface area (Å²) in [6, 6.07) is 9.07. The first-order chi connectivity index (χ1) is 7.77. The Kier molecular flexibility index (Phi) is 2.20. The molecule has 0 aliphatic heterocycles. The van der Waals surface area contributed by atoms with Crippen molar-refractivity contribution in [2.24, 2.45) is 0 Å². The number of hydrogen-bond donors (Lipinski definition) is 0. The van der Waals surface area contributed by atoms with Gasteiger partial charge in [0.25, 0.3) is 0 Å². The maximum absolute atomic E-state index is 2.44. The van der Waals surface area contributed by atoms with Crippen LogP contribution in [0.1, 0.15) is 57.1 Å². The zero-order chi connectivity index (χ0) is 11.2. The van der Waals surface area contributed by atoms with Crippen LogP contribution in [-0.2, 0) is 5.41 Å². The number of hydrogen-bond acceptors (Lipinski definition) is 0. The minimum Gasteiger partial charge on any atom is -0.0642 e. The van der Waals surface area contributed by atoms with Gasteiger partial charge in [0.15, 0.2) is 0 Å². The molecule has 2 aliphatic carbocycles. The second-order valence-electron chi connectivity index (χ2n) is 5.40. The van der Waals surface area contributed by atoms with Gasteiger partial charge in [0.2, 0.25) is 0 Å². The van der Waals surface area contributed by atoms with Crippen molar-refractivity contribution in [2.45, 2.75) is 51.4 Å². The van der Waals surface area contributed by atoms with E-state index in [-0.39, 0.29) is 0 Å². The van der Waals surface area contributed by atoms with Crippen molar-refractivity contribution in [2.75, 3.05) is 0 Å². The zero-order valence-corrected chi connectivity index (χ0v) is 10.3. The van der Waals surface area contributed by atoms with Crippen molar-refractivity contribution in [1.29, 1.82) is 0 Å². The molecule has 0 heteroatoms. The van der Waals surface area contributed by atoms with Crippen molar-refractivity contribution in [3.63, 3.8) is 0 Å². The minimum absolute atomic E-state index is 0.340. The van der Waals surface area contributed by atoms with Crippen LogP contribution in [0.25, 0.3) is 5.57 Å². The van der Waals surface area contributed by atoms with Gasteiger partial charge in [-0.1, -0.05) is 43.7 Å². The molecular weight excluding hydrogens is 192 g/mol. The van der Waals surface area contributed by atoms with E-state index in [1.54, 1.807) is 22.3 Å². The SMILES string of the molecule is CCC1(C)C2=C(CCCC2)c2ccccc21. The Labute approximate surface area is 98.4 Å². The molecule has 3 rings (SSSR count). The zero-order valence-electron chi connectivity index (χ0n) is 10.3.